The van der Waals surface area contributed by atoms with Crippen molar-refractivity contribution < 1.29 is 9.15 Å². The molecule has 3 aromatic rings. The number of fused-ring (bicyclic) bond motifs is 2. The van der Waals surface area contributed by atoms with Crippen LogP contribution < -0.4 is 10.2 Å². The zero-order valence-corrected chi connectivity index (χ0v) is 13.0. The van der Waals surface area contributed by atoms with Gasteiger partial charge < -0.3 is 9.15 Å². The van der Waals surface area contributed by atoms with Crippen LogP contribution in [0.5, 0.6) is 5.75 Å². The maximum absolute atomic E-state index is 12.7. The molecule has 0 aliphatic carbocycles. The molecule has 0 atom stereocenters. The first-order valence-corrected chi connectivity index (χ1v) is 7.57. The van der Waals surface area contributed by atoms with Crippen molar-refractivity contribution in [2.24, 2.45) is 0 Å². The van der Waals surface area contributed by atoms with Gasteiger partial charge >= 0.3 is 0 Å². The van der Waals surface area contributed by atoms with E-state index >= 15 is 0 Å². The molecule has 0 saturated heterocycles. The molecule has 3 nitrogen and oxygen atoms in total. The Morgan fingerprint density at radius 1 is 1.04 bits per heavy atom. The topological polar surface area (TPSA) is 39.4 Å². The Labute approximate surface area is 133 Å². The highest BCUT2D eigenvalue weighted by molar-refractivity contribution is 5.82. The van der Waals surface area contributed by atoms with E-state index in [1.54, 1.807) is 12.1 Å². The Morgan fingerprint density at radius 2 is 1.87 bits per heavy atom. The van der Waals surface area contributed by atoms with Crippen molar-refractivity contribution in [1.82, 2.24) is 0 Å². The third-order valence-corrected chi connectivity index (χ3v) is 4.04. The monoisotopic (exact) mass is 304 g/mol. The van der Waals surface area contributed by atoms with Crippen LogP contribution in [0.15, 0.2) is 64.0 Å². The summed E-state index contributed by atoms with van der Waals surface area (Å²) >= 11 is 0. The fourth-order valence-corrected chi connectivity index (χ4v) is 2.82. The van der Waals surface area contributed by atoms with Gasteiger partial charge in [0.1, 0.15) is 23.2 Å². The molecule has 1 aliphatic rings. The van der Waals surface area contributed by atoms with Crippen LogP contribution in [0.3, 0.4) is 0 Å². The standard InChI is InChI=1S/C20H16O3/c1-20(2)10-9-14-11-13(7-8-17(14)23-20)16-12-22-18-6-4-3-5-15(18)19(16)21/h3-12H,1-2H3. The molecule has 0 radical (unpaired) electrons. The van der Waals surface area contributed by atoms with Crippen molar-refractivity contribution in [3.05, 3.63) is 70.6 Å². The van der Waals surface area contributed by atoms with Crippen molar-refractivity contribution in [3.63, 3.8) is 0 Å². The normalized spacial score (nSPS) is 15.2. The first-order chi connectivity index (χ1) is 11.0. The van der Waals surface area contributed by atoms with E-state index < -0.39 is 0 Å². The molecule has 3 heteroatoms. The maximum atomic E-state index is 12.7. The molecule has 114 valence electrons. The van der Waals surface area contributed by atoms with Gasteiger partial charge in [-0.05, 0) is 49.8 Å². The molecule has 1 aromatic heterocycles. The predicted octanol–water partition coefficient (Wildman–Crippen LogP) is 4.64. The molecule has 0 amide bonds. The van der Waals surface area contributed by atoms with E-state index in [0.717, 1.165) is 16.9 Å². The summed E-state index contributed by atoms with van der Waals surface area (Å²) in [5.41, 5.74) is 2.63. The largest absolute Gasteiger partial charge is 0.483 e. The number of rotatable bonds is 1. The van der Waals surface area contributed by atoms with Gasteiger partial charge in [0, 0.05) is 5.56 Å². The maximum Gasteiger partial charge on any atom is 0.200 e. The zero-order valence-electron chi connectivity index (χ0n) is 13.0. The highest BCUT2D eigenvalue weighted by Crippen LogP contribution is 2.33. The quantitative estimate of drug-likeness (QED) is 0.657. The Hall–Kier alpha value is -2.81. The summed E-state index contributed by atoms with van der Waals surface area (Å²) in [6.45, 7) is 4.02. The summed E-state index contributed by atoms with van der Waals surface area (Å²) in [5.74, 6) is 0.825. The van der Waals surface area contributed by atoms with Gasteiger partial charge in [-0.25, -0.2) is 0 Å². The summed E-state index contributed by atoms with van der Waals surface area (Å²) in [5, 5.41) is 0.593. The van der Waals surface area contributed by atoms with E-state index in [9.17, 15) is 4.79 Å². The summed E-state index contributed by atoms with van der Waals surface area (Å²) in [6, 6.07) is 13.0. The Bertz CT molecular complexity index is 993. The molecule has 0 fully saturated rings. The van der Waals surface area contributed by atoms with E-state index in [-0.39, 0.29) is 11.0 Å². The van der Waals surface area contributed by atoms with Crippen LogP contribution in [0, 0.1) is 0 Å². The highest BCUT2D eigenvalue weighted by atomic mass is 16.5. The van der Waals surface area contributed by atoms with Crippen LogP contribution in [0.2, 0.25) is 0 Å². The Morgan fingerprint density at radius 3 is 2.74 bits per heavy atom. The van der Waals surface area contributed by atoms with E-state index in [2.05, 4.69) is 0 Å². The van der Waals surface area contributed by atoms with E-state index in [0.29, 0.717) is 16.5 Å². The second-order valence-corrected chi connectivity index (χ2v) is 6.27. The zero-order chi connectivity index (χ0) is 16.0. The lowest BCUT2D eigenvalue weighted by molar-refractivity contribution is 0.159. The molecule has 4 rings (SSSR count). The smallest absolute Gasteiger partial charge is 0.200 e. The Kier molecular flexibility index (Phi) is 2.91. The number of hydrogen-bond donors (Lipinski definition) is 0. The molecule has 0 N–H and O–H groups in total. The molecule has 0 spiro atoms. The molecular weight excluding hydrogens is 288 g/mol. The summed E-state index contributed by atoms with van der Waals surface area (Å²) < 4.78 is 11.5. The minimum absolute atomic E-state index is 0.0205. The van der Waals surface area contributed by atoms with Gasteiger partial charge in [-0.3, -0.25) is 4.79 Å². The first kappa shape index (κ1) is 13.8. The van der Waals surface area contributed by atoms with E-state index in [1.807, 2.05) is 56.3 Å². The molecule has 2 aromatic carbocycles. The van der Waals surface area contributed by atoms with Gasteiger partial charge in [0.05, 0.1) is 10.9 Å². The lowest BCUT2D eigenvalue weighted by Crippen LogP contribution is -2.27. The van der Waals surface area contributed by atoms with Crippen molar-refractivity contribution in [2.75, 3.05) is 0 Å². The third-order valence-electron chi connectivity index (χ3n) is 4.04. The van der Waals surface area contributed by atoms with Crippen LogP contribution >= 0.6 is 0 Å². The fraction of sp³-hybridized carbons (Fsp3) is 0.150. The molecule has 2 heterocycles. The first-order valence-electron chi connectivity index (χ1n) is 7.57. The lowest BCUT2D eigenvalue weighted by Gasteiger charge is -2.28. The van der Waals surface area contributed by atoms with Gasteiger partial charge in [0.25, 0.3) is 0 Å². The van der Waals surface area contributed by atoms with Crippen molar-refractivity contribution in [2.45, 2.75) is 19.4 Å². The van der Waals surface area contributed by atoms with Gasteiger partial charge in [0.2, 0.25) is 0 Å². The molecule has 1 aliphatic heterocycles. The average molecular weight is 304 g/mol. The van der Waals surface area contributed by atoms with Crippen molar-refractivity contribution >= 4 is 17.0 Å². The fourth-order valence-electron chi connectivity index (χ4n) is 2.82. The summed E-state index contributed by atoms with van der Waals surface area (Å²) in [7, 11) is 0. The number of benzene rings is 2. The summed E-state index contributed by atoms with van der Waals surface area (Å²) in [4.78, 5) is 12.7. The van der Waals surface area contributed by atoms with Gasteiger partial charge in [-0.15, -0.1) is 0 Å². The molecule has 0 saturated carbocycles. The van der Waals surface area contributed by atoms with E-state index in [1.165, 1.54) is 6.26 Å². The lowest BCUT2D eigenvalue weighted by atomic mass is 9.98. The minimum Gasteiger partial charge on any atom is -0.483 e. The van der Waals surface area contributed by atoms with Crippen molar-refractivity contribution in [1.29, 1.82) is 0 Å². The van der Waals surface area contributed by atoms with Gasteiger partial charge in [-0.1, -0.05) is 24.3 Å². The SMILES string of the molecule is CC1(C)C=Cc2cc(-c3coc4ccccc4c3=O)ccc2O1. The average Bonchev–Trinajstić information content (AvgIpc) is 2.54. The van der Waals surface area contributed by atoms with Crippen LogP contribution in [0.4, 0.5) is 0 Å². The molecule has 0 unspecified atom stereocenters. The van der Waals surface area contributed by atoms with Crippen LogP contribution in [0.25, 0.3) is 28.2 Å². The predicted molar refractivity (Wildman–Crippen MR) is 91.7 cm³/mol. The second kappa shape index (κ2) is 4.85. The van der Waals surface area contributed by atoms with Crippen LogP contribution in [-0.4, -0.2) is 5.60 Å². The third kappa shape index (κ3) is 2.34. The van der Waals surface area contributed by atoms with Crippen molar-refractivity contribution in [3.8, 4) is 16.9 Å². The Balaban J connectivity index is 1.87. The van der Waals surface area contributed by atoms with E-state index in [4.69, 9.17) is 9.15 Å². The highest BCUT2D eigenvalue weighted by Gasteiger charge is 2.22. The molecule has 23 heavy (non-hydrogen) atoms. The number of para-hydroxylation sites is 1. The molecular formula is C20H16O3. The number of hydrogen-bond acceptors (Lipinski definition) is 3. The van der Waals surface area contributed by atoms with Crippen LogP contribution in [-0.2, 0) is 0 Å². The number of ether oxygens (including phenoxy) is 1. The minimum atomic E-state index is -0.309. The summed E-state index contributed by atoms with van der Waals surface area (Å²) in [6.07, 6.45) is 5.58. The van der Waals surface area contributed by atoms with Crippen LogP contribution in [0.1, 0.15) is 19.4 Å². The molecule has 0 bridgehead atoms. The van der Waals surface area contributed by atoms with Gasteiger partial charge in [0.15, 0.2) is 5.43 Å². The van der Waals surface area contributed by atoms with Gasteiger partial charge in [-0.2, -0.15) is 0 Å². The second-order valence-electron chi connectivity index (χ2n) is 6.27.